The number of aromatic amines is 1. The Balaban J connectivity index is 1.78. The van der Waals surface area contributed by atoms with Crippen LogP contribution in [0.3, 0.4) is 0 Å². The smallest absolute Gasteiger partial charge is 0.257 e. The number of carbonyl (C=O) groups is 2. The van der Waals surface area contributed by atoms with Gasteiger partial charge in [0.05, 0.1) is 5.56 Å². The summed E-state index contributed by atoms with van der Waals surface area (Å²) in [6, 6.07) is 0.114. The van der Waals surface area contributed by atoms with Gasteiger partial charge in [0.2, 0.25) is 15.9 Å². The fourth-order valence-electron chi connectivity index (χ4n) is 4.54. The number of sulfonamides is 1. The first kappa shape index (κ1) is 23.8. The van der Waals surface area contributed by atoms with Crippen molar-refractivity contribution < 1.29 is 18.0 Å². The predicted octanol–water partition coefficient (Wildman–Crippen LogP) is 2.57. The molecule has 8 nitrogen and oxygen atoms in total. The molecule has 1 aromatic rings. The molecule has 3 heterocycles. The third-order valence-corrected chi connectivity index (χ3v) is 8.67. The van der Waals surface area contributed by atoms with Crippen molar-refractivity contribution in [1.29, 1.82) is 0 Å². The average molecular weight is 453 g/mol. The lowest BCUT2D eigenvalue weighted by molar-refractivity contribution is -0.126. The largest absolute Gasteiger partial charge is 0.361 e. The van der Waals surface area contributed by atoms with Crippen LogP contribution in [0.1, 0.15) is 74.1 Å². The van der Waals surface area contributed by atoms with Gasteiger partial charge in [-0.05, 0) is 59.3 Å². The van der Waals surface area contributed by atoms with Gasteiger partial charge >= 0.3 is 0 Å². The Hall–Kier alpha value is -1.87. The zero-order valence-electron chi connectivity index (χ0n) is 19.2. The van der Waals surface area contributed by atoms with Crippen LogP contribution in [-0.2, 0) is 14.8 Å². The van der Waals surface area contributed by atoms with E-state index in [1.54, 1.807) is 18.7 Å². The quantitative estimate of drug-likeness (QED) is 0.692. The van der Waals surface area contributed by atoms with Crippen molar-refractivity contribution in [3.63, 3.8) is 0 Å². The van der Waals surface area contributed by atoms with E-state index in [4.69, 9.17) is 0 Å². The van der Waals surface area contributed by atoms with Gasteiger partial charge < -0.3 is 15.2 Å². The number of hydrogen-bond acceptors (Lipinski definition) is 4. The molecule has 1 aromatic heterocycles. The fourth-order valence-corrected chi connectivity index (χ4v) is 6.43. The van der Waals surface area contributed by atoms with Crippen LogP contribution in [0.2, 0.25) is 0 Å². The molecule has 0 aliphatic carbocycles. The van der Waals surface area contributed by atoms with Gasteiger partial charge in [-0.2, -0.15) is 4.31 Å². The fraction of sp³-hybridized carbons (Fsp3) is 0.727. The summed E-state index contributed by atoms with van der Waals surface area (Å²) < 4.78 is 28.6. The van der Waals surface area contributed by atoms with Crippen LogP contribution in [0.4, 0.5) is 0 Å². The first-order valence-corrected chi connectivity index (χ1v) is 12.9. The molecule has 31 heavy (non-hydrogen) atoms. The number of piperidine rings is 2. The summed E-state index contributed by atoms with van der Waals surface area (Å²) in [6.45, 7) is 9.34. The Morgan fingerprint density at radius 3 is 2.26 bits per heavy atom. The standard InChI is InChI=1S/C22H36N4O4S/c1-5-15(2)23-21(27)18-9-13-26(14-10-18)31(29,30)20-17(4)24-16(3)19(20)22(28)25-11-7-6-8-12-25/h15,18,24H,5-14H2,1-4H3,(H,23,27)/t15-/m1/s1. The zero-order chi connectivity index (χ0) is 22.8. The van der Waals surface area contributed by atoms with Crippen molar-refractivity contribution in [3.05, 3.63) is 17.0 Å². The van der Waals surface area contributed by atoms with E-state index in [1.807, 2.05) is 13.8 Å². The molecule has 0 aromatic carbocycles. The van der Waals surface area contributed by atoms with Crippen LogP contribution in [-0.4, -0.2) is 66.6 Å². The Morgan fingerprint density at radius 2 is 1.68 bits per heavy atom. The third-order valence-electron chi connectivity index (χ3n) is 6.60. The molecule has 0 spiro atoms. The Bertz CT molecular complexity index is 910. The van der Waals surface area contributed by atoms with E-state index in [-0.39, 0.29) is 47.3 Å². The van der Waals surface area contributed by atoms with E-state index in [0.717, 1.165) is 25.7 Å². The number of amides is 2. The number of nitrogens with one attached hydrogen (secondary N) is 2. The highest BCUT2D eigenvalue weighted by molar-refractivity contribution is 7.89. The number of rotatable bonds is 6. The SMILES string of the molecule is CC[C@@H](C)NC(=O)C1CCN(S(=O)(=O)c2c(C)[nH]c(C)c2C(=O)N2CCCCC2)CC1. The van der Waals surface area contributed by atoms with E-state index >= 15 is 0 Å². The molecule has 0 saturated carbocycles. The molecule has 9 heteroatoms. The van der Waals surface area contributed by atoms with Crippen LogP contribution in [0, 0.1) is 19.8 Å². The minimum atomic E-state index is -3.84. The molecule has 0 unspecified atom stereocenters. The number of aryl methyl sites for hydroxylation is 2. The summed E-state index contributed by atoms with van der Waals surface area (Å²) in [5.41, 5.74) is 1.36. The van der Waals surface area contributed by atoms with Crippen LogP contribution < -0.4 is 5.32 Å². The summed E-state index contributed by atoms with van der Waals surface area (Å²) in [5.74, 6) is -0.382. The summed E-state index contributed by atoms with van der Waals surface area (Å²) in [5, 5.41) is 3.00. The van der Waals surface area contributed by atoms with Gasteiger partial charge in [-0.15, -0.1) is 0 Å². The maximum absolute atomic E-state index is 13.6. The summed E-state index contributed by atoms with van der Waals surface area (Å²) in [4.78, 5) is 30.6. The maximum Gasteiger partial charge on any atom is 0.257 e. The van der Waals surface area contributed by atoms with Crippen LogP contribution in [0.15, 0.2) is 4.90 Å². The maximum atomic E-state index is 13.6. The van der Waals surface area contributed by atoms with E-state index in [2.05, 4.69) is 10.3 Å². The van der Waals surface area contributed by atoms with Crippen molar-refractivity contribution in [2.75, 3.05) is 26.2 Å². The molecule has 2 aliphatic rings. The topological polar surface area (TPSA) is 103 Å². The number of aromatic nitrogens is 1. The zero-order valence-corrected chi connectivity index (χ0v) is 20.0. The van der Waals surface area contributed by atoms with Crippen LogP contribution in [0.25, 0.3) is 0 Å². The molecule has 2 saturated heterocycles. The van der Waals surface area contributed by atoms with Gasteiger partial charge in [0.1, 0.15) is 4.90 Å². The number of nitrogens with zero attached hydrogens (tertiary/aromatic N) is 2. The summed E-state index contributed by atoms with van der Waals surface area (Å²) in [6.07, 6.45) is 4.82. The second-order valence-electron chi connectivity index (χ2n) is 8.93. The molecule has 2 fully saturated rings. The lowest BCUT2D eigenvalue weighted by atomic mass is 9.97. The molecule has 1 atom stereocenters. The molecule has 0 bridgehead atoms. The number of carbonyl (C=O) groups excluding carboxylic acids is 2. The van der Waals surface area contributed by atoms with Crippen molar-refractivity contribution in [3.8, 4) is 0 Å². The van der Waals surface area contributed by atoms with E-state index in [9.17, 15) is 18.0 Å². The van der Waals surface area contributed by atoms with E-state index < -0.39 is 10.0 Å². The van der Waals surface area contributed by atoms with E-state index in [1.165, 1.54) is 4.31 Å². The van der Waals surface area contributed by atoms with Gasteiger partial charge in [0.15, 0.2) is 0 Å². The lowest BCUT2D eigenvalue weighted by Gasteiger charge is -2.32. The Labute approximate surface area is 185 Å². The van der Waals surface area contributed by atoms with E-state index in [0.29, 0.717) is 37.3 Å². The van der Waals surface area contributed by atoms with Gasteiger partial charge in [-0.25, -0.2) is 8.42 Å². The van der Waals surface area contributed by atoms with Gasteiger partial charge in [0.25, 0.3) is 5.91 Å². The first-order chi connectivity index (χ1) is 14.7. The molecule has 2 amide bonds. The van der Waals surface area contributed by atoms with Crippen molar-refractivity contribution in [2.24, 2.45) is 5.92 Å². The molecule has 2 N–H and O–H groups in total. The third kappa shape index (κ3) is 4.98. The second kappa shape index (κ2) is 9.73. The highest BCUT2D eigenvalue weighted by Gasteiger charge is 2.38. The minimum Gasteiger partial charge on any atom is -0.361 e. The number of hydrogen-bond donors (Lipinski definition) is 2. The average Bonchev–Trinajstić information content (AvgIpc) is 3.08. The highest BCUT2D eigenvalue weighted by atomic mass is 32.2. The van der Waals surface area contributed by atoms with Crippen molar-refractivity contribution in [2.45, 2.75) is 77.2 Å². The molecule has 174 valence electrons. The second-order valence-corrected chi connectivity index (χ2v) is 10.8. The van der Waals surface area contributed by atoms with Crippen molar-refractivity contribution in [1.82, 2.24) is 19.5 Å². The Morgan fingerprint density at radius 1 is 1.06 bits per heavy atom. The van der Waals surface area contributed by atoms with Crippen LogP contribution >= 0.6 is 0 Å². The summed E-state index contributed by atoms with van der Waals surface area (Å²) >= 11 is 0. The Kier molecular flexibility index (Phi) is 7.47. The molecule has 2 aliphatic heterocycles. The van der Waals surface area contributed by atoms with Crippen molar-refractivity contribution >= 4 is 21.8 Å². The molecular weight excluding hydrogens is 416 g/mol. The summed E-state index contributed by atoms with van der Waals surface area (Å²) in [7, 11) is -3.84. The molecule has 0 radical (unpaired) electrons. The monoisotopic (exact) mass is 452 g/mol. The predicted molar refractivity (Wildman–Crippen MR) is 119 cm³/mol. The van der Waals surface area contributed by atoms with Gasteiger partial charge in [-0.3, -0.25) is 9.59 Å². The normalized spacial score (nSPS) is 19.9. The highest BCUT2D eigenvalue weighted by Crippen LogP contribution is 2.31. The number of likely N-dealkylation sites (tertiary alicyclic amines) is 1. The van der Waals surface area contributed by atoms with Gasteiger partial charge in [0, 0.05) is 49.5 Å². The first-order valence-electron chi connectivity index (χ1n) is 11.5. The molecular formula is C22H36N4O4S. The lowest BCUT2D eigenvalue weighted by Crippen LogP contribution is -2.45. The van der Waals surface area contributed by atoms with Crippen LogP contribution in [0.5, 0.6) is 0 Å². The molecule has 3 rings (SSSR count). The number of H-pyrrole nitrogens is 1. The van der Waals surface area contributed by atoms with Gasteiger partial charge in [-0.1, -0.05) is 6.92 Å². The minimum absolute atomic E-state index is 0.000956.